The van der Waals surface area contributed by atoms with Gasteiger partial charge in [-0.05, 0) is 23.6 Å². The Hall–Kier alpha value is -1.97. The van der Waals surface area contributed by atoms with Gasteiger partial charge in [-0.1, -0.05) is 20.8 Å². The van der Waals surface area contributed by atoms with E-state index in [9.17, 15) is 4.79 Å². The van der Waals surface area contributed by atoms with Gasteiger partial charge in [0, 0.05) is 29.3 Å². The number of amides is 1. The van der Waals surface area contributed by atoms with E-state index in [0.29, 0.717) is 17.8 Å². The van der Waals surface area contributed by atoms with Crippen LogP contribution in [0.25, 0.3) is 10.9 Å². The second kappa shape index (κ2) is 4.37. The van der Waals surface area contributed by atoms with Crippen molar-refractivity contribution in [1.29, 1.82) is 0 Å². The van der Waals surface area contributed by atoms with Gasteiger partial charge in [0.25, 0.3) is 5.91 Å². The number of hydrogen-bond acceptors (Lipinski definition) is 2. The number of nitrogens with two attached hydrogens (primary N) is 1. The average molecular weight is 245 g/mol. The number of rotatable bonds is 2. The predicted octanol–water partition coefficient (Wildman–Crippen LogP) is 2.53. The summed E-state index contributed by atoms with van der Waals surface area (Å²) in [4.78, 5) is 15.2. The summed E-state index contributed by atoms with van der Waals surface area (Å²) in [5, 5.41) is 3.80. The number of nitrogen functional groups attached to an aromatic ring is 1. The fourth-order valence-electron chi connectivity index (χ4n) is 1.77. The molecule has 4 N–H and O–H groups in total. The topological polar surface area (TPSA) is 70.9 Å². The highest BCUT2D eigenvalue weighted by molar-refractivity contribution is 6.07. The number of carbonyl (C=O) groups is 1. The van der Waals surface area contributed by atoms with Crippen LogP contribution in [0, 0.1) is 5.41 Å². The maximum absolute atomic E-state index is 12.1. The summed E-state index contributed by atoms with van der Waals surface area (Å²) in [6.07, 6.45) is 1.72. The molecule has 2 rings (SSSR count). The van der Waals surface area contributed by atoms with Crippen LogP contribution in [0.3, 0.4) is 0 Å². The Labute approximate surface area is 107 Å². The van der Waals surface area contributed by atoms with Gasteiger partial charge in [-0.3, -0.25) is 4.79 Å². The van der Waals surface area contributed by atoms with Crippen LogP contribution >= 0.6 is 0 Å². The third-order valence-electron chi connectivity index (χ3n) is 2.73. The van der Waals surface area contributed by atoms with Gasteiger partial charge in [0.15, 0.2) is 0 Å². The first-order chi connectivity index (χ1) is 8.37. The number of benzene rings is 1. The molecule has 1 amide bonds. The van der Waals surface area contributed by atoms with E-state index in [-0.39, 0.29) is 11.3 Å². The van der Waals surface area contributed by atoms with E-state index >= 15 is 0 Å². The van der Waals surface area contributed by atoms with Crippen molar-refractivity contribution >= 4 is 22.5 Å². The van der Waals surface area contributed by atoms with E-state index in [0.717, 1.165) is 10.9 Å². The van der Waals surface area contributed by atoms with Gasteiger partial charge in [0.05, 0.1) is 5.56 Å². The molecule has 0 saturated heterocycles. The van der Waals surface area contributed by atoms with Crippen LogP contribution < -0.4 is 11.1 Å². The summed E-state index contributed by atoms with van der Waals surface area (Å²) >= 11 is 0. The summed E-state index contributed by atoms with van der Waals surface area (Å²) < 4.78 is 0. The third-order valence-corrected chi connectivity index (χ3v) is 2.73. The predicted molar refractivity (Wildman–Crippen MR) is 74.5 cm³/mol. The average Bonchev–Trinajstić information content (AvgIpc) is 2.67. The van der Waals surface area contributed by atoms with Gasteiger partial charge in [0.1, 0.15) is 0 Å². The first-order valence-electron chi connectivity index (χ1n) is 6.02. The number of fused-ring (bicyclic) bond motifs is 1. The molecule has 0 aliphatic heterocycles. The molecule has 1 aromatic carbocycles. The maximum Gasteiger partial charge on any atom is 0.253 e. The van der Waals surface area contributed by atoms with Crippen LogP contribution in [0.4, 0.5) is 5.69 Å². The molecule has 0 aliphatic rings. The lowest BCUT2D eigenvalue weighted by atomic mass is 9.97. The van der Waals surface area contributed by atoms with E-state index in [2.05, 4.69) is 31.1 Å². The minimum Gasteiger partial charge on any atom is -0.399 e. The van der Waals surface area contributed by atoms with Crippen molar-refractivity contribution in [2.45, 2.75) is 20.8 Å². The molecule has 0 fully saturated rings. The molecule has 18 heavy (non-hydrogen) atoms. The molecule has 1 heterocycles. The quantitative estimate of drug-likeness (QED) is 0.711. The van der Waals surface area contributed by atoms with Crippen molar-refractivity contribution in [3.63, 3.8) is 0 Å². The maximum atomic E-state index is 12.1. The lowest BCUT2D eigenvalue weighted by Gasteiger charge is -2.18. The van der Waals surface area contributed by atoms with E-state index in [1.54, 1.807) is 6.20 Å². The minimum atomic E-state index is -0.0678. The van der Waals surface area contributed by atoms with Crippen molar-refractivity contribution < 1.29 is 4.79 Å². The van der Waals surface area contributed by atoms with Gasteiger partial charge < -0.3 is 16.0 Å². The lowest BCUT2D eigenvalue weighted by Crippen LogP contribution is -2.32. The Morgan fingerprint density at radius 3 is 2.78 bits per heavy atom. The number of aromatic nitrogens is 1. The monoisotopic (exact) mass is 245 g/mol. The molecule has 1 aromatic heterocycles. The Morgan fingerprint density at radius 1 is 1.39 bits per heavy atom. The van der Waals surface area contributed by atoms with Crippen molar-refractivity contribution in [1.82, 2.24) is 10.3 Å². The standard InChI is InChI=1S/C14H19N3O/c1-14(2,3)8-17-13(18)11-7-16-12-5-4-9(15)6-10(11)12/h4-7,16H,8,15H2,1-3H3,(H,17,18). The van der Waals surface area contributed by atoms with Crippen LogP contribution in [0.5, 0.6) is 0 Å². The highest BCUT2D eigenvalue weighted by Gasteiger charge is 2.15. The fraction of sp³-hybridized carbons (Fsp3) is 0.357. The summed E-state index contributed by atoms with van der Waals surface area (Å²) in [5.41, 5.74) is 8.04. The van der Waals surface area contributed by atoms with Gasteiger partial charge >= 0.3 is 0 Å². The molecule has 2 aromatic rings. The van der Waals surface area contributed by atoms with Crippen LogP contribution in [-0.2, 0) is 0 Å². The van der Waals surface area contributed by atoms with E-state index < -0.39 is 0 Å². The molecule has 0 radical (unpaired) electrons. The Kier molecular flexibility index (Phi) is 3.03. The number of carbonyl (C=O) groups excluding carboxylic acids is 1. The largest absolute Gasteiger partial charge is 0.399 e. The second-order valence-electron chi connectivity index (χ2n) is 5.75. The summed E-state index contributed by atoms with van der Waals surface area (Å²) in [7, 11) is 0. The highest BCUT2D eigenvalue weighted by Crippen LogP contribution is 2.21. The van der Waals surface area contributed by atoms with Crippen molar-refractivity contribution in [2.75, 3.05) is 12.3 Å². The molecule has 4 heteroatoms. The van der Waals surface area contributed by atoms with Gasteiger partial charge in [-0.25, -0.2) is 0 Å². The molecule has 0 aliphatic carbocycles. The van der Waals surface area contributed by atoms with Gasteiger partial charge in [0.2, 0.25) is 0 Å². The third kappa shape index (κ3) is 2.64. The summed E-state index contributed by atoms with van der Waals surface area (Å²) in [5.74, 6) is -0.0678. The number of H-pyrrole nitrogens is 1. The second-order valence-corrected chi connectivity index (χ2v) is 5.75. The van der Waals surface area contributed by atoms with Crippen molar-refractivity contribution in [3.05, 3.63) is 30.0 Å². The lowest BCUT2D eigenvalue weighted by molar-refractivity contribution is 0.0941. The number of nitrogens with one attached hydrogen (secondary N) is 2. The molecule has 0 atom stereocenters. The molecule has 0 unspecified atom stereocenters. The molecular weight excluding hydrogens is 226 g/mol. The van der Waals surface area contributed by atoms with Crippen molar-refractivity contribution in [2.24, 2.45) is 5.41 Å². The van der Waals surface area contributed by atoms with E-state index in [1.807, 2.05) is 18.2 Å². The SMILES string of the molecule is CC(C)(C)CNC(=O)c1c[nH]c2ccc(N)cc12. The first kappa shape index (κ1) is 12.5. The van der Waals surface area contributed by atoms with Crippen LogP contribution in [0.2, 0.25) is 0 Å². The van der Waals surface area contributed by atoms with Crippen LogP contribution in [0.1, 0.15) is 31.1 Å². The number of hydrogen-bond donors (Lipinski definition) is 3. The van der Waals surface area contributed by atoms with E-state index in [4.69, 9.17) is 5.73 Å². The zero-order valence-electron chi connectivity index (χ0n) is 11.0. The molecule has 0 spiro atoms. The van der Waals surface area contributed by atoms with E-state index in [1.165, 1.54) is 0 Å². The minimum absolute atomic E-state index is 0.0678. The Bertz CT molecular complexity index is 578. The normalized spacial score (nSPS) is 11.7. The zero-order valence-corrected chi connectivity index (χ0v) is 11.0. The Balaban J connectivity index is 2.25. The molecule has 0 bridgehead atoms. The summed E-state index contributed by atoms with van der Waals surface area (Å²) in [6, 6.07) is 5.51. The number of anilines is 1. The molecule has 96 valence electrons. The Morgan fingerprint density at radius 2 is 2.11 bits per heavy atom. The van der Waals surface area contributed by atoms with Crippen LogP contribution in [0.15, 0.2) is 24.4 Å². The van der Waals surface area contributed by atoms with Crippen LogP contribution in [-0.4, -0.2) is 17.4 Å². The smallest absolute Gasteiger partial charge is 0.253 e. The summed E-state index contributed by atoms with van der Waals surface area (Å²) in [6.45, 7) is 6.89. The zero-order chi connectivity index (χ0) is 13.3. The fourth-order valence-corrected chi connectivity index (χ4v) is 1.77. The van der Waals surface area contributed by atoms with Crippen molar-refractivity contribution in [3.8, 4) is 0 Å². The highest BCUT2D eigenvalue weighted by atomic mass is 16.1. The molecule has 4 nitrogen and oxygen atoms in total. The first-order valence-corrected chi connectivity index (χ1v) is 6.02. The molecule has 0 saturated carbocycles. The molecular formula is C14H19N3O. The van der Waals surface area contributed by atoms with Gasteiger partial charge in [-0.15, -0.1) is 0 Å². The van der Waals surface area contributed by atoms with Gasteiger partial charge in [-0.2, -0.15) is 0 Å². The number of aromatic amines is 1.